The summed E-state index contributed by atoms with van der Waals surface area (Å²) in [5.74, 6) is -0.998. The number of aliphatic hydroxyl groups is 1. The molecule has 1 aromatic heterocycles. The van der Waals surface area contributed by atoms with Crippen molar-refractivity contribution in [1.29, 1.82) is 0 Å². The number of nitrogens with one attached hydrogen (secondary N) is 1. The van der Waals surface area contributed by atoms with Crippen LogP contribution in [0.25, 0.3) is 0 Å². The summed E-state index contributed by atoms with van der Waals surface area (Å²) >= 11 is 10.4. The van der Waals surface area contributed by atoms with E-state index in [1.54, 1.807) is 6.07 Å². The van der Waals surface area contributed by atoms with Crippen LogP contribution in [-0.2, 0) is 23.2 Å². The fraction of sp³-hybridized carbons (Fsp3) is 0.167. The van der Waals surface area contributed by atoms with Crippen LogP contribution in [-0.4, -0.2) is 13.5 Å². The predicted molar refractivity (Wildman–Crippen MR) is 83.4 cm³/mol. The van der Waals surface area contributed by atoms with Crippen LogP contribution >= 0.6 is 38.9 Å². The van der Waals surface area contributed by atoms with Gasteiger partial charge in [-0.2, -0.15) is 0 Å². The summed E-state index contributed by atoms with van der Waals surface area (Å²) in [6.07, 6.45) is 0. The molecule has 0 aliphatic heterocycles. The van der Waals surface area contributed by atoms with Crippen molar-refractivity contribution in [3.05, 3.63) is 49.3 Å². The molecule has 1 heterocycles. The Labute approximate surface area is 138 Å². The predicted octanol–water partition coefficient (Wildman–Crippen LogP) is 3.27. The van der Waals surface area contributed by atoms with Crippen molar-refractivity contribution in [2.45, 2.75) is 18.0 Å². The number of hydrogen-bond acceptors (Lipinski definition) is 4. The van der Waals surface area contributed by atoms with Gasteiger partial charge in [-0.1, -0.05) is 11.6 Å². The smallest absolute Gasteiger partial charge is 0.243 e. The van der Waals surface area contributed by atoms with Crippen molar-refractivity contribution in [3.8, 4) is 0 Å². The fourth-order valence-corrected chi connectivity index (χ4v) is 4.56. The molecule has 21 heavy (non-hydrogen) atoms. The summed E-state index contributed by atoms with van der Waals surface area (Å²) in [5.41, 5.74) is -0.165. The molecule has 0 aliphatic rings. The summed E-state index contributed by atoms with van der Waals surface area (Å²) in [5, 5.41) is 10.9. The second-order valence-electron chi connectivity index (χ2n) is 4.09. The van der Waals surface area contributed by atoms with Crippen LogP contribution in [0.3, 0.4) is 0 Å². The van der Waals surface area contributed by atoms with Crippen molar-refractivity contribution in [3.63, 3.8) is 0 Å². The van der Waals surface area contributed by atoms with E-state index < -0.39 is 27.3 Å². The quantitative estimate of drug-likeness (QED) is 0.789. The van der Waals surface area contributed by atoms with E-state index in [-0.39, 0.29) is 17.1 Å². The van der Waals surface area contributed by atoms with Crippen molar-refractivity contribution < 1.29 is 17.9 Å². The van der Waals surface area contributed by atoms with Gasteiger partial charge in [-0.25, -0.2) is 17.5 Å². The summed E-state index contributed by atoms with van der Waals surface area (Å²) in [7, 11) is -4.06. The molecule has 2 rings (SSSR count). The van der Waals surface area contributed by atoms with Crippen LogP contribution < -0.4 is 4.72 Å². The molecule has 0 saturated heterocycles. The van der Waals surface area contributed by atoms with Crippen molar-refractivity contribution in [1.82, 2.24) is 4.72 Å². The lowest BCUT2D eigenvalue weighted by Crippen LogP contribution is -2.24. The van der Waals surface area contributed by atoms with Gasteiger partial charge in [0.25, 0.3) is 0 Å². The molecule has 0 fully saturated rings. The summed E-state index contributed by atoms with van der Waals surface area (Å²) < 4.78 is 41.5. The molecule has 0 spiro atoms. The van der Waals surface area contributed by atoms with Crippen LogP contribution in [0.5, 0.6) is 0 Å². The van der Waals surface area contributed by atoms with E-state index in [0.29, 0.717) is 0 Å². The lowest BCUT2D eigenvalue weighted by Gasteiger charge is -2.10. The van der Waals surface area contributed by atoms with Crippen LogP contribution in [0.15, 0.2) is 32.9 Å². The molecule has 0 amide bonds. The van der Waals surface area contributed by atoms with Gasteiger partial charge in [-0.3, -0.25) is 0 Å². The first kappa shape index (κ1) is 16.9. The SMILES string of the molecule is O=S(=O)(NCc1cc(Br)cs1)c1cc(Cl)cc(CO)c1F. The number of thiophene rings is 1. The normalized spacial score (nSPS) is 11.8. The van der Waals surface area contributed by atoms with Gasteiger partial charge in [-0.15, -0.1) is 11.3 Å². The molecule has 2 aromatic rings. The molecule has 0 saturated carbocycles. The van der Waals surface area contributed by atoms with E-state index >= 15 is 0 Å². The Morgan fingerprint density at radius 1 is 1.38 bits per heavy atom. The van der Waals surface area contributed by atoms with Gasteiger partial charge in [0.15, 0.2) is 0 Å². The van der Waals surface area contributed by atoms with Gasteiger partial charge in [0.2, 0.25) is 10.0 Å². The minimum atomic E-state index is -4.06. The standard InChI is InChI=1S/C12H10BrClFNO3S2/c13-8-2-10(20-6-8)4-16-21(18,19)11-3-9(14)1-7(5-17)12(11)15/h1-3,6,16-17H,4-5H2. The Morgan fingerprint density at radius 3 is 2.67 bits per heavy atom. The molecule has 2 N–H and O–H groups in total. The van der Waals surface area contributed by atoms with Gasteiger partial charge >= 0.3 is 0 Å². The van der Waals surface area contributed by atoms with E-state index in [4.69, 9.17) is 16.7 Å². The van der Waals surface area contributed by atoms with Gasteiger partial charge < -0.3 is 5.11 Å². The molecule has 0 atom stereocenters. The Balaban J connectivity index is 2.29. The number of sulfonamides is 1. The first-order valence-corrected chi connectivity index (χ1v) is 9.18. The van der Waals surface area contributed by atoms with E-state index in [0.717, 1.165) is 15.4 Å². The zero-order valence-electron chi connectivity index (χ0n) is 10.4. The highest BCUT2D eigenvalue weighted by Gasteiger charge is 2.22. The maximum Gasteiger partial charge on any atom is 0.243 e. The third kappa shape index (κ3) is 4.02. The number of rotatable bonds is 5. The molecular formula is C12H10BrClFNO3S2. The maximum absolute atomic E-state index is 14.0. The Hall–Kier alpha value is -0.510. The Kier molecular flexibility index (Phi) is 5.39. The van der Waals surface area contributed by atoms with Crippen LogP contribution in [0.4, 0.5) is 4.39 Å². The molecule has 0 unspecified atom stereocenters. The first-order chi connectivity index (χ1) is 9.83. The Bertz CT molecular complexity index is 764. The van der Waals surface area contributed by atoms with Gasteiger partial charge in [0.05, 0.1) is 6.61 Å². The third-order valence-electron chi connectivity index (χ3n) is 2.60. The molecule has 4 nitrogen and oxygen atoms in total. The highest BCUT2D eigenvalue weighted by Crippen LogP contribution is 2.25. The number of halogens is 3. The molecule has 0 radical (unpaired) electrons. The lowest BCUT2D eigenvalue weighted by molar-refractivity contribution is 0.274. The first-order valence-electron chi connectivity index (χ1n) is 5.65. The van der Waals surface area contributed by atoms with Crippen LogP contribution in [0.2, 0.25) is 5.02 Å². The molecule has 114 valence electrons. The maximum atomic E-state index is 14.0. The molecule has 0 bridgehead atoms. The summed E-state index contributed by atoms with van der Waals surface area (Å²) in [6, 6.07) is 3.97. The highest BCUT2D eigenvalue weighted by atomic mass is 79.9. The average Bonchev–Trinajstić information content (AvgIpc) is 2.84. The van der Waals surface area contributed by atoms with E-state index in [9.17, 15) is 12.8 Å². The second kappa shape index (κ2) is 6.72. The molecule has 9 heteroatoms. The third-order valence-corrected chi connectivity index (χ3v) is 5.91. The zero-order chi connectivity index (χ0) is 15.6. The van der Waals surface area contributed by atoms with E-state index in [1.165, 1.54) is 17.4 Å². The van der Waals surface area contributed by atoms with Crippen molar-refractivity contribution in [2.75, 3.05) is 0 Å². The fourth-order valence-electron chi connectivity index (χ4n) is 1.62. The lowest BCUT2D eigenvalue weighted by atomic mass is 10.2. The molecular weight excluding hydrogens is 405 g/mol. The number of hydrogen-bond donors (Lipinski definition) is 2. The van der Waals surface area contributed by atoms with Crippen LogP contribution in [0.1, 0.15) is 10.4 Å². The van der Waals surface area contributed by atoms with Gasteiger partial charge in [-0.05, 0) is 34.1 Å². The summed E-state index contributed by atoms with van der Waals surface area (Å²) in [4.78, 5) is 0.199. The molecule has 0 aliphatic carbocycles. The minimum Gasteiger partial charge on any atom is -0.392 e. The topological polar surface area (TPSA) is 66.4 Å². The summed E-state index contributed by atoms with van der Waals surface area (Å²) in [6.45, 7) is -0.591. The zero-order valence-corrected chi connectivity index (χ0v) is 14.4. The largest absolute Gasteiger partial charge is 0.392 e. The number of benzene rings is 1. The number of aliphatic hydroxyl groups excluding tert-OH is 1. The average molecular weight is 415 g/mol. The van der Waals surface area contributed by atoms with Gasteiger partial charge in [0, 0.05) is 31.9 Å². The van der Waals surface area contributed by atoms with Gasteiger partial charge in [0.1, 0.15) is 10.7 Å². The molecule has 1 aromatic carbocycles. The Morgan fingerprint density at radius 2 is 2.10 bits per heavy atom. The van der Waals surface area contributed by atoms with E-state index in [2.05, 4.69) is 20.7 Å². The van der Waals surface area contributed by atoms with E-state index in [1.807, 2.05) is 5.38 Å². The van der Waals surface area contributed by atoms with Crippen molar-refractivity contribution >= 4 is 48.9 Å². The van der Waals surface area contributed by atoms with Crippen molar-refractivity contribution in [2.24, 2.45) is 0 Å². The second-order valence-corrected chi connectivity index (χ2v) is 8.17. The monoisotopic (exact) mass is 413 g/mol. The highest BCUT2D eigenvalue weighted by molar-refractivity contribution is 9.10. The van der Waals surface area contributed by atoms with Crippen LogP contribution in [0, 0.1) is 5.82 Å². The minimum absolute atomic E-state index is 0.0407.